The maximum atomic E-state index is 12.4. The Labute approximate surface area is 133 Å². The molecule has 118 valence electrons. The van der Waals surface area contributed by atoms with Crippen molar-refractivity contribution < 1.29 is 19.0 Å². The van der Waals surface area contributed by atoms with Gasteiger partial charge < -0.3 is 19.5 Å². The first kappa shape index (κ1) is 16.2. The summed E-state index contributed by atoms with van der Waals surface area (Å²) in [4.78, 5) is 13.6. The summed E-state index contributed by atoms with van der Waals surface area (Å²) in [5.74, 6) is 1.14. The molecule has 0 aliphatic carbocycles. The molecule has 0 atom stereocenters. The highest BCUT2D eigenvalue weighted by Gasteiger charge is 2.17. The molecule has 2 aromatic rings. The molecule has 1 aromatic carbocycles. The minimum atomic E-state index is -0.222. The van der Waals surface area contributed by atoms with Crippen LogP contribution >= 0.6 is 11.3 Å². The molecule has 5 nitrogen and oxygen atoms in total. The van der Waals surface area contributed by atoms with Crippen molar-refractivity contribution in [2.45, 2.75) is 13.8 Å². The van der Waals surface area contributed by atoms with E-state index in [2.05, 4.69) is 5.32 Å². The Hall–Kier alpha value is -2.21. The molecule has 1 heterocycles. The van der Waals surface area contributed by atoms with Gasteiger partial charge in [-0.15, -0.1) is 11.3 Å². The molecular weight excluding hydrogens is 302 g/mol. The molecule has 2 rings (SSSR count). The first-order valence-electron chi connectivity index (χ1n) is 6.68. The van der Waals surface area contributed by atoms with Crippen molar-refractivity contribution in [3.05, 3.63) is 34.2 Å². The Bertz CT molecular complexity index is 649. The fourth-order valence-electron chi connectivity index (χ4n) is 2.03. The third kappa shape index (κ3) is 3.17. The zero-order chi connectivity index (χ0) is 16.3. The maximum Gasteiger partial charge on any atom is 0.256 e. The molecule has 1 amide bonds. The summed E-state index contributed by atoms with van der Waals surface area (Å²) in [6.07, 6.45) is 0. The van der Waals surface area contributed by atoms with Gasteiger partial charge in [-0.1, -0.05) is 0 Å². The summed E-state index contributed by atoms with van der Waals surface area (Å²) in [5.41, 5.74) is 1.60. The average molecular weight is 321 g/mol. The number of nitrogens with one attached hydrogen (secondary N) is 1. The molecule has 0 saturated heterocycles. The summed E-state index contributed by atoms with van der Waals surface area (Å²) in [6, 6.07) is 5.21. The monoisotopic (exact) mass is 321 g/mol. The highest BCUT2D eigenvalue weighted by molar-refractivity contribution is 7.16. The third-order valence-electron chi connectivity index (χ3n) is 3.33. The molecule has 0 saturated carbocycles. The highest BCUT2D eigenvalue weighted by Crippen LogP contribution is 2.38. The van der Waals surface area contributed by atoms with Crippen LogP contribution in [0.1, 0.15) is 20.8 Å². The molecular formula is C16H19NO4S. The topological polar surface area (TPSA) is 56.8 Å². The lowest BCUT2D eigenvalue weighted by molar-refractivity contribution is 0.102. The molecule has 6 heteroatoms. The standard InChI is InChI=1S/C16H19NO4S/c1-9-6-14(22-10(9)2)17-16(18)11-7-12(19-3)15(21-5)13(8-11)20-4/h6-8H,1-5H3,(H,17,18). The summed E-state index contributed by atoms with van der Waals surface area (Å²) < 4.78 is 15.8. The second kappa shape index (κ2) is 6.70. The number of rotatable bonds is 5. The average Bonchev–Trinajstić information content (AvgIpc) is 2.83. The third-order valence-corrected chi connectivity index (χ3v) is 4.40. The van der Waals surface area contributed by atoms with Crippen LogP contribution in [0.3, 0.4) is 0 Å². The lowest BCUT2D eigenvalue weighted by atomic mass is 10.1. The van der Waals surface area contributed by atoms with Gasteiger partial charge in [-0.25, -0.2) is 0 Å². The van der Waals surface area contributed by atoms with E-state index in [-0.39, 0.29) is 5.91 Å². The lowest BCUT2D eigenvalue weighted by Gasteiger charge is -2.13. The zero-order valence-electron chi connectivity index (χ0n) is 13.3. The molecule has 0 bridgehead atoms. The van der Waals surface area contributed by atoms with Crippen molar-refractivity contribution in [2.75, 3.05) is 26.6 Å². The SMILES string of the molecule is COc1cc(C(=O)Nc2cc(C)c(C)s2)cc(OC)c1OC. The molecule has 0 fully saturated rings. The summed E-state index contributed by atoms with van der Waals surface area (Å²) >= 11 is 1.55. The second-order valence-corrected chi connectivity index (χ2v) is 5.97. The quantitative estimate of drug-likeness (QED) is 0.913. The Morgan fingerprint density at radius 2 is 1.59 bits per heavy atom. The van der Waals surface area contributed by atoms with Gasteiger partial charge >= 0.3 is 0 Å². The molecule has 0 aliphatic rings. The van der Waals surface area contributed by atoms with Gasteiger partial charge in [0.25, 0.3) is 5.91 Å². The Balaban J connectivity index is 2.33. The summed E-state index contributed by atoms with van der Waals surface area (Å²) in [7, 11) is 4.56. The van der Waals surface area contributed by atoms with Gasteiger partial charge in [-0.05, 0) is 37.6 Å². The molecule has 0 unspecified atom stereocenters. The molecule has 0 aliphatic heterocycles. The molecule has 0 radical (unpaired) electrons. The fraction of sp³-hybridized carbons (Fsp3) is 0.312. The van der Waals surface area contributed by atoms with Gasteiger partial charge in [0.2, 0.25) is 5.75 Å². The number of carbonyl (C=O) groups is 1. The van der Waals surface area contributed by atoms with Gasteiger partial charge in [0, 0.05) is 10.4 Å². The van der Waals surface area contributed by atoms with Crippen LogP contribution in [0.2, 0.25) is 0 Å². The number of hydrogen-bond acceptors (Lipinski definition) is 5. The van der Waals surface area contributed by atoms with E-state index < -0.39 is 0 Å². The number of hydrogen-bond donors (Lipinski definition) is 1. The van der Waals surface area contributed by atoms with E-state index in [4.69, 9.17) is 14.2 Å². The van der Waals surface area contributed by atoms with Gasteiger partial charge in [-0.2, -0.15) is 0 Å². The van der Waals surface area contributed by atoms with Crippen molar-refractivity contribution in [1.82, 2.24) is 0 Å². The van der Waals surface area contributed by atoms with E-state index in [1.165, 1.54) is 26.2 Å². The number of anilines is 1. The van der Waals surface area contributed by atoms with Crippen LogP contribution in [0.5, 0.6) is 17.2 Å². The molecule has 22 heavy (non-hydrogen) atoms. The van der Waals surface area contributed by atoms with Crippen molar-refractivity contribution in [2.24, 2.45) is 0 Å². The summed E-state index contributed by atoms with van der Waals surface area (Å²) in [5, 5.41) is 3.70. The predicted molar refractivity (Wildman–Crippen MR) is 87.8 cm³/mol. The van der Waals surface area contributed by atoms with E-state index in [1.807, 2.05) is 19.9 Å². The fourth-order valence-corrected chi connectivity index (χ4v) is 2.96. The number of thiophene rings is 1. The maximum absolute atomic E-state index is 12.4. The largest absolute Gasteiger partial charge is 0.493 e. The van der Waals surface area contributed by atoms with Crippen LogP contribution in [0.4, 0.5) is 5.00 Å². The Morgan fingerprint density at radius 1 is 1.00 bits per heavy atom. The minimum Gasteiger partial charge on any atom is -0.493 e. The van der Waals surface area contributed by atoms with Gasteiger partial charge in [0.15, 0.2) is 11.5 Å². The molecule has 1 aromatic heterocycles. The first-order valence-corrected chi connectivity index (χ1v) is 7.50. The van der Waals surface area contributed by atoms with Crippen molar-refractivity contribution in [1.29, 1.82) is 0 Å². The van der Waals surface area contributed by atoms with Crippen molar-refractivity contribution >= 4 is 22.2 Å². The Morgan fingerprint density at radius 3 is 2.00 bits per heavy atom. The van der Waals surface area contributed by atoms with E-state index in [0.29, 0.717) is 22.8 Å². The van der Waals surface area contributed by atoms with Gasteiger partial charge in [0.1, 0.15) is 0 Å². The van der Waals surface area contributed by atoms with E-state index >= 15 is 0 Å². The highest BCUT2D eigenvalue weighted by atomic mass is 32.1. The zero-order valence-corrected chi connectivity index (χ0v) is 14.1. The van der Waals surface area contributed by atoms with Crippen LogP contribution in [0, 0.1) is 13.8 Å². The minimum absolute atomic E-state index is 0.222. The number of aryl methyl sites for hydroxylation is 2. The molecule has 0 spiro atoms. The predicted octanol–water partition coefficient (Wildman–Crippen LogP) is 3.64. The van der Waals surface area contributed by atoms with Crippen LogP contribution in [0.25, 0.3) is 0 Å². The van der Waals surface area contributed by atoms with Crippen LogP contribution in [-0.4, -0.2) is 27.2 Å². The van der Waals surface area contributed by atoms with Gasteiger partial charge in [0.05, 0.1) is 26.3 Å². The van der Waals surface area contributed by atoms with E-state index in [0.717, 1.165) is 10.6 Å². The summed E-state index contributed by atoms with van der Waals surface area (Å²) in [6.45, 7) is 4.04. The normalized spacial score (nSPS) is 10.2. The lowest BCUT2D eigenvalue weighted by Crippen LogP contribution is -2.11. The van der Waals surface area contributed by atoms with Gasteiger partial charge in [-0.3, -0.25) is 4.79 Å². The number of benzene rings is 1. The smallest absolute Gasteiger partial charge is 0.256 e. The Kier molecular flexibility index (Phi) is 4.92. The number of methoxy groups -OCH3 is 3. The number of ether oxygens (including phenoxy) is 3. The van der Waals surface area contributed by atoms with Crippen LogP contribution in [-0.2, 0) is 0 Å². The van der Waals surface area contributed by atoms with Crippen molar-refractivity contribution in [3.8, 4) is 17.2 Å². The first-order chi connectivity index (χ1) is 10.5. The second-order valence-electron chi connectivity index (χ2n) is 4.72. The van der Waals surface area contributed by atoms with E-state index in [9.17, 15) is 4.79 Å². The van der Waals surface area contributed by atoms with Crippen LogP contribution < -0.4 is 19.5 Å². The number of carbonyl (C=O) groups excluding carboxylic acids is 1. The number of amides is 1. The molecule has 1 N–H and O–H groups in total. The van der Waals surface area contributed by atoms with E-state index in [1.54, 1.807) is 23.5 Å². The van der Waals surface area contributed by atoms with Crippen LogP contribution in [0.15, 0.2) is 18.2 Å². The van der Waals surface area contributed by atoms with Crippen molar-refractivity contribution in [3.63, 3.8) is 0 Å².